The van der Waals surface area contributed by atoms with Crippen molar-refractivity contribution in [1.29, 1.82) is 0 Å². The summed E-state index contributed by atoms with van der Waals surface area (Å²) in [5.74, 6) is 0.914. The van der Waals surface area contributed by atoms with Crippen molar-refractivity contribution in [1.82, 2.24) is 9.97 Å². The molecule has 2 aromatic carbocycles. The minimum atomic E-state index is -3.80. The van der Waals surface area contributed by atoms with E-state index in [1.54, 1.807) is 18.2 Å². The van der Waals surface area contributed by atoms with Crippen LogP contribution >= 0.6 is 11.8 Å². The molecule has 0 saturated heterocycles. The van der Waals surface area contributed by atoms with Crippen LogP contribution in [0.1, 0.15) is 11.1 Å². The zero-order valence-corrected chi connectivity index (χ0v) is 17.3. The number of hydrogen-bond donors (Lipinski definition) is 2. The molecular formula is C20H20N4O3S2. The number of amides is 1. The Balaban J connectivity index is 1.53. The summed E-state index contributed by atoms with van der Waals surface area (Å²) in [5, 5.41) is 2.77. The molecule has 0 spiro atoms. The van der Waals surface area contributed by atoms with Crippen LogP contribution in [0.2, 0.25) is 0 Å². The maximum Gasteiger partial charge on any atom is 0.264 e. The van der Waals surface area contributed by atoms with Crippen LogP contribution in [0.5, 0.6) is 0 Å². The summed E-state index contributed by atoms with van der Waals surface area (Å²) in [6, 6.07) is 15.6. The van der Waals surface area contributed by atoms with E-state index in [1.165, 1.54) is 47.4 Å². The monoisotopic (exact) mass is 428 g/mol. The highest BCUT2D eigenvalue weighted by molar-refractivity contribution is 7.99. The molecule has 0 saturated carbocycles. The third-order valence-electron chi connectivity index (χ3n) is 3.99. The van der Waals surface area contributed by atoms with Crippen molar-refractivity contribution in [3.05, 3.63) is 78.1 Å². The zero-order chi connectivity index (χ0) is 20.7. The van der Waals surface area contributed by atoms with Gasteiger partial charge >= 0.3 is 0 Å². The molecule has 1 aromatic heterocycles. The Morgan fingerprint density at radius 2 is 1.69 bits per heavy atom. The quantitative estimate of drug-likeness (QED) is 0.570. The average Bonchev–Trinajstić information content (AvgIpc) is 2.70. The smallest absolute Gasteiger partial charge is 0.264 e. The van der Waals surface area contributed by atoms with Crippen molar-refractivity contribution in [2.24, 2.45) is 0 Å². The van der Waals surface area contributed by atoms with E-state index in [4.69, 9.17) is 0 Å². The number of hydrogen-bond acceptors (Lipinski definition) is 6. The van der Waals surface area contributed by atoms with E-state index in [0.29, 0.717) is 11.4 Å². The summed E-state index contributed by atoms with van der Waals surface area (Å²) in [6.45, 7) is 2.05. The van der Waals surface area contributed by atoms with Gasteiger partial charge in [-0.3, -0.25) is 4.79 Å². The highest BCUT2D eigenvalue weighted by Crippen LogP contribution is 2.18. The lowest BCUT2D eigenvalue weighted by Gasteiger charge is -2.09. The second-order valence-corrected chi connectivity index (χ2v) is 8.84. The summed E-state index contributed by atoms with van der Waals surface area (Å²) in [5.41, 5.74) is 2.93. The van der Waals surface area contributed by atoms with Crippen LogP contribution in [-0.2, 0) is 20.6 Å². The number of nitrogens with zero attached hydrogens (tertiary/aromatic N) is 2. The normalized spacial score (nSPS) is 11.1. The van der Waals surface area contributed by atoms with Crippen molar-refractivity contribution < 1.29 is 13.2 Å². The second-order valence-electron chi connectivity index (χ2n) is 6.17. The fourth-order valence-electron chi connectivity index (χ4n) is 2.47. The van der Waals surface area contributed by atoms with E-state index in [1.807, 2.05) is 31.2 Å². The number of aromatic nitrogens is 2. The van der Waals surface area contributed by atoms with Gasteiger partial charge in [-0.05, 0) is 48.4 Å². The first-order chi connectivity index (χ1) is 13.9. The van der Waals surface area contributed by atoms with Crippen molar-refractivity contribution >= 4 is 39.3 Å². The third kappa shape index (κ3) is 6.03. The van der Waals surface area contributed by atoms with Crippen molar-refractivity contribution in [3.63, 3.8) is 0 Å². The second kappa shape index (κ2) is 9.53. The first kappa shape index (κ1) is 20.8. The van der Waals surface area contributed by atoms with E-state index >= 15 is 0 Å². The summed E-state index contributed by atoms with van der Waals surface area (Å²) < 4.78 is 27.0. The fraction of sp³-hybridized carbons (Fsp3) is 0.150. The van der Waals surface area contributed by atoms with Crippen LogP contribution < -0.4 is 10.0 Å². The first-order valence-electron chi connectivity index (χ1n) is 8.76. The van der Waals surface area contributed by atoms with E-state index in [-0.39, 0.29) is 16.8 Å². The van der Waals surface area contributed by atoms with Crippen molar-refractivity contribution in [2.45, 2.75) is 17.6 Å². The molecule has 0 aliphatic carbocycles. The summed E-state index contributed by atoms with van der Waals surface area (Å²) in [6.07, 6.45) is 2.89. The lowest BCUT2D eigenvalue weighted by atomic mass is 10.1. The Morgan fingerprint density at radius 1 is 1.00 bits per heavy atom. The number of sulfonamides is 1. The van der Waals surface area contributed by atoms with Crippen LogP contribution in [0, 0.1) is 6.92 Å². The molecule has 0 radical (unpaired) electrons. The van der Waals surface area contributed by atoms with Gasteiger partial charge in [0.15, 0.2) is 0 Å². The third-order valence-corrected chi connectivity index (χ3v) is 6.32. The largest absolute Gasteiger partial charge is 0.325 e. The molecule has 0 aliphatic heterocycles. The zero-order valence-electron chi connectivity index (χ0n) is 15.7. The van der Waals surface area contributed by atoms with Gasteiger partial charge in [0.05, 0.1) is 10.6 Å². The van der Waals surface area contributed by atoms with E-state index < -0.39 is 10.0 Å². The maximum atomic E-state index is 12.4. The predicted molar refractivity (Wildman–Crippen MR) is 115 cm³/mol. The summed E-state index contributed by atoms with van der Waals surface area (Å²) >= 11 is 1.52. The van der Waals surface area contributed by atoms with Crippen LogP contribution in [0.25, 0.3) is 0 Å². The molecule has 1 amide bonds. The van der Waals surface area contributed by atoms with Gasteiger partial charge in [-0.2, -0.15) is 0 Å². The molecule has 0 bridgehead atoms. The van der Waals surface area contributed by atoms with Gasteiger partial charge < -0.3 is 5.32 Å². The highest BCUT2D eigenvalue weighted by atomic mass is 32.2. The molecule has 3 aromatic rings. The first-order valence-corrected chi connectivity index (χ1v) is 11.4. The van der Waals surface area contributed by atoms with Crippen LogP contribution in [0.3, 0.4) is 0 Å². The topological polar surface area (TPSA) is 101 Å². The lowest BCUT2D eigenvalue weighted by molar-refractivity contribution is -0.113. The molecule has 0 aliphatic rings. The molecule has 3 rings (SSSR count). The van der Waals surface area contributed by atoms with Gasteiger partial charge in [0.25, 0.3) is 10.0 Å². The molecule has 1 heterocycles. The van der Waals surface area contributed by atoms with E-state index in [2.05, 4.69) is 20.0 Å². The molecule has 0 fully saturated rings. The minimum Gasteiger partial charge on any atom is -0.325 e. The number of rotatable bonds is 8. The van der Waals surface area contributed by atoms with E-state index in [9.17, 15) is 13.2 Å². The Bertz CT molecular complexity index is 1070. The van der Waals surface area contributed by atoms with Gasteiger partial charge in [0, 0.05) is 23.8 Å². The van der Waals surface area contributed by atoms with Crippen LogP contribution in [0.15, 0.2) is 71.9 Å². The molecule has 29 heavy (non-hydrogen) atoms. The van der Waals surface area contributed by atoms with E-state index in [0.717, 1.165) is 5.75 Å². The van der Waals surface area contributed by atoms with Crippen LogP contribution in [0.4, 0.5) is 11.6 Å². The number of carbonyl (C=O) groups excluding carboxylic acids is 1. The Kier molecular flexibility index (Phi) is 6.84. The van der Waals surface area contributed by atoms with Crippen LogP contribution in [-0.4, -0.2) is 30.0 Å². The van der Waals surface area contributed by atoms with Gasteiger partial charge in [-0.1, -0.05) is 24.3 Å². The number of thioether (sulfide) groups is 1. The Hall–Kier alpha value is -2.91. The average molecular weight is 429 g/mol. The Labute approximate surface area is 174 Å². The molecule has 2 N–H and O–H groups in total. The highest BCUT2D eigenvalue weighted by Gasteiger charge is 2.15. The van der Waals surface area contributed by atoms with Gasteiger partial charge in [0.2, 0.25) is 11.9 Å². The summed E-state index contributed by atoms with van der Waals surface area (Å²) in [4.78, 5) is 19.9. The maximum absolute atomic E-state index is 12.4. The minimum absolute atomic E-state index is 0.00411. The van der Waals surface area contributed by atoms with Gasteiger partial charge in [-0.15, -0.1) is 11.8 Å². The molecular weight excluding hydrogens is 408 g/mol. The number of anilines is 2. The number of carbonyl (C=O) groups is 1. The van der Waals surface area contributed by atoms with Crippen molar-refractivity contribution in [2.75, 3.05) is 15.8 Å². The number of aryl methyl sites for hydroxylation is 1. The molecule has 0 atom stereocenters. The summed E-state index contributed by atoms with van der Waals surface area (Å²) in [7, 11) is -3.80. The Morgan fingerprint density at radius 3 is 2.38 bits per heavy atom. The number of nitrogens with one attached hydrogen (secondary N) is 2. The lowest BCUT2D eigenvalue weighted by Crippen LogP contribution is -2.16. The molecule has 150 valence electrons. The fourth-order valence-corrected chi connectivity index (χ4v) is 4.33. The molecule has 9 heteroatoms. The van der Waals surface area contributed by atoms with Crippen molar-refractivity contribution in [3.8, 4) is 0 Å². The molecule has 0 unspecified atom stereocenters. The molecule has 7 nitrogen and oxygen atoms in total. The predicted octanol–water partition coefficient (Wildman–Crippen LogP) is 3.46. The van der Waals surface area contributed by atoms with Gasteiger partial charge in [0.1, 0.15) is 0 Å². The number of benzene rings is 2. The SMILES string of the molecule is Cc1ccccc1CSCC(=O)Nc1ccc(S(=O)(=O)Nc2ncccn2)cc1. The standard InChI is InChI=1S/C20H20N4O3S2/c1-15-5-2-3-6-16(15)13-28-14-19(25)23-17-7-9-18(10-8-17)29(26,27)24-20-21-11-4-12-22-20/h2-12H,13-14H2,1H3,(H,23,25)(H,21,22,24). The van der Waals surface area contributed by atoms with Gasteiger partial charge in [-0.25, -0.2) is 23.1 Å².